The van der Waals surface area contributed by atoms with Gasteiger partial charge in [-0.15, -0.1) is 0 Å². The Bertz CT molecular complexity index is 351. The maximum atomic E-state index is 11.0. The fourth-order valence-electron chi connectivity index (χ4n) is 1.24. The molecule has 0 aromatic heterocycles. The first-order chi connectivity index (χ1) is 7.09. The van der Waals surface area contributed by atoms with E-state index in [2.05, 4.69) is 5.32 Å². The lowest BCUT2D eigenvalue weighted by molar-refractivity contribution is -0.119. The number of nitrogens with two attached hydrogens (primary N) is 2. The summed E-state index contributed by atoms with van der Waals surface area (Å²) in [6.07, 6.45) is 0.346. The number of hydrogen-bond acceptors (Lipinski definition) is 2. The van der Waals surface area contributed by atoms with Crippen molar-refractivity contribution in [1.29, 1.82) is 0 Å². The highest BCUT2D eigenvalue weighted by Gasteiger charge is 2.16. The van der Waals surface area contributed by atoms with Crippen molar-refractivity contribution in [2.45, 2.75) is 12.5 Å². The number of amides is 3. The van der Waals surface area contributed by atoms with Crippen molar-refractivity contribution < 1.29 is 9.59 Å². The Morgan fingerprint density at radius 1 is 1.20 bits per heavy atom. The van der Waals surface area contributed by atoms with Crippen LogP contribution in [0.1, 0.15) is 5.56 Å². The number of primary amides is 2. The van der Waals surface area contributed by atoms with E-state index < -0.39 is 18.0 Å². The van der Waals surface area contributed by atoms with E-state index in [9.17, 15) is 9.59 Å². The van der Waals surface area contributed by atoms with Gasteiger partial charge in [0.2, 0.25) is 5.91 Å². The summed E-state index contributed by atoms with van der Waals surface area (Å²) in [6, 6.07) is 7.73. The van der Waals surface area contributed by atoms with E-state index in [1.165, 1.54) is 0 Å². The molecular weight excluding hydrogens is 194 g/mol. The zero-order chi connectivity index (χ0) is 11.3. The molecule has 5 heteroatoms. The summed E-state index contributed by atoms with van der Waals surface area (Å²) in [5.41, 5.74) is 11.0. The van der Waals surface area contributed by atoms with Gasteiger partial charge in [-0.2, -0.15) is 0 Å². The van der Waals surface area contributed by atoms with E-state index in [0.29, 0.717) is 6.42 Å². The summed E-state index contributed by atoms with van der Waals surface area (Å²) in [5, 5.41) is 2.29. The summed E-state index contributed by atoms with van der Waals surface area (Å²) in [7, 11) is 0. The van der Waals surface area contributed by atoms with Crippen molar-refractivity contribution in [3.8, 4) is 0 Å². The molecule has 1 rings (SSSR count). The van der Waals surface area contributed by atoms with E-state index in [1.54, 1.807) is 0 Å². The maximum Gasteiger partial charge on any atom is 0.312 e. The van der Waals surface area contributed by atoms with Gasteiger partial charge in [-0.1, -0.05) is 30.3 Å². The first-order valence-electron chi connectivity index (χ1n) is 4.49. The highest BCUT2D eigenvalue weighted by Crippen LogP contribution is 2.02. The van der Waals surface area contributed by atoms with Gasteiger partial charge in [-0.3, -0.25) is 4.79 Å². The van der Waals surface area contributed by atoms with Gasteiger partial charge >= 0.3 is 6.03 Å². The molecule has 15 heavy (non-hydrogen) atoms. The van der Waals surface area contributed by atoms with Gasteiger partial charge in [-0.05, 0) is 5.56 Å². The topological polar surface area (TPSA) is 98.2 Å². The lowest BCUT2D eigenvalue weighted by atomic mass is 10.1. The molecule has 0 spiro atoms. The normalized spacial score (nSPS) is 11.7. The van der Waals surface area contributed by atoms with Crippen LogP contribution in [0.15, 0.2) is 30.3 Å². The van der Waals surface area contributed by atoms with Crippen LogP contribution in [0.25, 0.3) is 0 Å². The SMILES string of the molecule is NC(=O)N[C@@H](Cc1ccccc1)C(N)=O. The molecular formula is C10H13N3O2. The molecule has 0 bridgehead atoms. The second kappa shape index (κ2) is 4.99. The quantitative estimate of drug-likeness (QED) is 0.634. The monoisotopic (exact) mass is 207 g/mol. The number of urea groups is 1. The Morgan fingerprint density at radius 3 is 2.27 bits per heavy atom. The Morgan fingerprint density at radius 2 is 1.80 bits per heavy atom. The van der Waals surface area contributed by atoms with Crippen molar-refractivity contribution in [3.05, 3.63) is 35.9 Å². The third-order valence-electron chi connectivity index (χ3n) is 1.94. The van der Waals surface area contributed by atoms with E-state index >= 15 is 0 Å². The van der Waals surface area contributed by atoms with Crippen LogP contribution in [-0.2, 0) is 11.2 Å². The Balaban J connectivity index is 2.67. The molecule has 0 unspecified atom stereocenters. The van der Waals surface area contributed by atoms with Gasteiger partial charge in [0, 0.05) is 6.42 Å². The highest BCUT2D eigenvalue weighted by atomic mass is 16.2. The number of benzene rings is 1. The Kier molecular flexibility index (Phi) is 3.68. The average Bonchev–Trinajstić information content (AvgIpc) is 2.17. The summed E-state index contributed by atoms with van der Waals surface area (Å²) in [6.45, 7) is 0. The summed E-state index contributed by atoms with van der Waals surface area (Å²) in [4.78, 5) is 21.6. The molecule has 1 atom stereocenters. The fourth-order valence-corrected chi connectivity index (χ4v) is 1.24. The average molecular weight is 207 g/mol. The Hall–Kier alpha value is -2.04. The minimum Gasteiger partial charge on any atom is -0.368 e. The highest BCUT2D eigenvalue weighted by molar-refractivity contribution is 5.85. The number of rotatable bonds is 4. The van der Waals surface area contributed by atoms with Crippen LogP contribution in [0.2, 0.25) is 0 Å². The number of hydrogen-bond donors (Lipinski definition) is 3. The van der Waals surface area contributed by atoms with Gasteiger partial charge in [0.1, 0.15) is 6.04 Å². The van der Waals surface area contributed by atoms with Gasteiger partial charge in [0.15, 0.2) is 0 Å². The van der Waals surface area contributed by atoms with Crippen LogP contribution in [0.5, 0.6) is 0 Å². The van der Waals surface area contributed by atoms with Gasteiger partial charge < -0.3 is 16.8 Å². The van der Waals surface area contributed by atoms with Crippen LogP contribution < -0.4 is 16.8 Å². The van der Waals surface area contributed by atoms with Gasteiger partial charge in [-0.25, -0.2) is 4.79 Å². The molecule has 3 amide bonds. The van der Waals surface area contributed by atoms with Crippen molar-refractivity contribution in [3.63, 3.8) is 0 Å². The zero-order valence-electron chi connectivity index (χ0n) is 8.14. The second-order valence-corrected chi connectivity index (χ2v) is 3.15. The molecule has 0 saturated heterocycles. The number of nitrogens with one attached hydrogen (secondary N) is 1. The van der Waals surface area contributed by atoms with E-state index in [0.717, 1.165) is 5.56 Å². The Labute approximate surface area is 87.4 Å². The van der Waals surface area contributed by atoms with Crippen LogP contribution in [0.3, 0.4) is 0 Å². The molecule has 0 heterocycles. The van der Waals surface area contributed by atoms with Gasteiger partial charge in [0.25, 0.3) is 0 Å². The number of carbonyl (C=O) groups is 2. The molecule has 0 saturated carbocycles. The van der Waals surface area contributed by atoms with Crippen LogP contribution in [0, 0.1) is 0 Å². The zero-order valence-corrected chi connectivity index (χ0v) is 8.14. The molecule has 0 aliphatic rings. The first kappa shape index (κ1) is 11.0. The third-order valence-corrected chi connectivity index (χ3v) is 1.94. The second-order valence-electron chi connectivity index (χ2n) is 3.15. The standard InChI is InChI=1S/C10H13N3O2/c11-9(14)8(13-10(12)15)6-7-4-2-1-3-5-7/h1-5,8H,6H2,(H2,11,14)(H3,12,13,15)/t8-/m0/s1. The summed E-state index contributed by atoms with van der Waals surface area (Å²) >= 11 is 0. The molecule has 1 aromatic carbocycles. The molecule has 5 nitrogen and oxygen atoms in total. The van der Waals surface area contributed by atoms with Crippen molar-refractivity contribution in [1.82, 2.24) is 5.32 Å². The molecule has 0 radical (unpaired) electrons. The summed E-state index contributed by atoms with van der Waals surface area (Å²) in [5.74, 6) is -0.599. The largest absolute Gasteiger partial charge is 0.368 e. The lowest BCUT2D eigenvalue weighted by Crippen LogP contribution is -2.47. The predicted octanol–water partition coefficient (Wildman–Crippen LogP) is -0.249. The number of carbonyl (C=O) groups excluding carboxylic acids is 2. The maximum absolute atomic E-state index is 11.0. The van der Waals surface area contributed by atoms with E-state index in [-0.39, 0.29) is 0 Å². The predicted molar refractivity (Wildman–Crippen MR) is 55.8 cm³/mol. The molecule has 0 fully saturated rings. The van der Waals surface area contributed by atoms with Gasteiger partial charge in [0.05, 0.1) is 0 Å². The van der Waals surface area contributed by atoms with Crippen molar-refractivity contribution >= 4 is 11.9 Å². The molecule has 0 aliphatic heterocycles. The fraction of sp³-hybridized carbons (Fsp3) is 0.200. The first-order valence-corrected chi connectivity index (χ1v) is 4.49. The van der Waals surface area contributed by atoms with Crippen LogP contribution in [0.4, 0.5) is 4.79 Å². The lowest BCUT2D eigenvalue weighted by Gasteiger charge is -2.13. The molecule has 1 aromatic rings. The minimum atomic E-state index is -0.759. The van der Waals surface area contributed by atoms with E-state index in [4.69, 9.17) is 11.5 Å². The summed E-state index contributed by atoms with van der Waals surface area (Å²) < 4.78 is 0. The molecule has 80 valence electrons. The molecule has 0 aliphatic carbocycles. The third kappa shape index (κ3) is 3.68. The molecule has 5 N–H and O–H groups in total. The smallest absolute Gasteiger partial charge is 0.312 e. The minimum absolute atomic E-state index is 0.346. The van der Waals surface area contributed by atoms with Crippen molar-refractivity contribution in [2.75, 3.05) is 0 Å². The van der Waals surface area contributed by atoms with Crippen molar-refractivity contribution in [2.24, 2.45) is 11.5 Å². The van der Waals surface area contributed by atoms with Crippen LogP contribution in [-0.4, -0.2) is 18.0 Å². The van der Waals surface area contributed by atoms with Crippen LogP contribution >= 0.6 is 0 Å². The van der Waals surface area contributed by atoms with E-state index in [1.807, 2.05) is 30.3 Å².